The Morgan fingerprint density at radius 1 is 1.26 bits per heavy atom. The number of hydrogen-bond acceptors (Lipinski definition) is 6. The van der Waals surface area contributed by atoms with Gasteiger partial charge in [-0.2, -0.15) is 15.5 Å². The number of halogens is 2. The van der Waals surface area contributed by atoms with Gasteiger partial charge in [-0.15, -0.1) is 0 Å². The van der Waals surface area contributed by atoms with Crippen LogP contribution in [0.2, 0.25) is 10.0 Å². The predicted octanol–water partition coefficient (Wildman–Crippen LogP) is 5.86. The van der Waals surface area contributed by atoms with Gasteiger partial charge in [-0.1, -0.05) is 29.3 Å². The van der Waals surface area contributed by atoms with Crippen LogP contribution in [-0.4, -0.2) is 18.0 Å². The number of nitrogens with zero attached hydrogens (tertiary/aromatic N) is 4. The van der Waals surface area contributed by atoms with E-state index in [1.165, 1.54) is 12.1 Å². The standard InChI is InChI=1S/C18H17Cl2N5O2/c1-12-9-14(22-7-2-6-21)4-3-13(12)5-8-23-24-18-16(19)10-15(25(26)27)11-17(18)20/h3-4,9-11,22H,2,5,7-8H2,1H3. The molecule has 0 aliphatic rings. The van der Waals surface area contributed by atoms with Gasteiger partial charge in [0.2, 0.25) is 0 Å². The van der Waals surface area contributed by atoms with Crippen molar-refractivity contribution < 1.29 is 4.92 Å². The molecule has 2 rings (SSSR count). The maximum Gasteiger partial charge on any atom is 0.272 e. The second-order valence-electron chi connectivity index (χ2n) is 5.71. The minimum absolute atomic E-state index is 0.0851. The molecular formula is C18H17Cl2N5O2. The number of azo groups is 1. The summed E-state index contributed by atoms with van der Waals surface area (Å²) >= 11 is 12.0. The van der Waals surface area contributed by atoms with Crippen molar-refractivity contribution in [2.45, 2.75) is 19.8 Å². The quantitative estimate of drug-likeness (QED) is 0.256. The largest absolute Gasteiger partial charge is 0.384 e. The smallest absolute Gasteiger partial charge is 0.272 e. The maximum absolute atomic E-state index is 10.8. The van der Waals surface area contributed by atoms with Crippen LogP contribution in [0.5, 0.6) is 0 Å². The third kappa shape index (κ3) is 5.91. The maximum atomic E-state index is 10.8. The average molecular weight is 406 g/mol. The second-order valence-corrected chi connectivity index (χ2v) is 6.52. The molecule has 0 amide bonds. The number of nitrogens with one attached hydrogen (secondary N) is 1. The average Bonchev–Trinajstić information content (AvgIpc) is 2.62. The van der Waals surface area contributed by atoms with E-state index in [0.29, 0.717) is 25.9 Å². The monoisotopic (exact) mass is 405 g/mol. The lowest BCUT2D eigenvalue weighted by Gasteiger charge is -2.09. The third-order valence-corrected chi connectivity index (χ3v) is 4.35. The highest BCUT2D eigenvalue weighted by atomic mass is 35.5. The van der Waals surface area contributed by atoms with Gasteiger partial charge in [0.1, 0.15) is 5.69 Å². The molecule has 0 aromatic heterocycles. The number of nitro groups is 1. The van der Waals surface area contributed by atoms with E-state index in [-0.39, 0.29) is 21.4 Å². The first-order valence-corrected chi connectivity index (χ1v) is 8.89. The van der Waals surface area contributed by atoms with Crippen LogP contribution in [-0.2, 0) is 6.42 Å². The molecule has 140 valence electrons. The van der Waals surface area contributed by atoms with Gasteiger partial charge in [0, 0.05) is 24.4 Å². The molecule has 27 heavy (non-hydrogen) atoms. The Kier molecular flexibility index (Phi) is 7.53. The van der Waals surface area contributed by atoms with Crippen molar-refractivity contribution in [1.29, 1.82) is 5.26 Å². The van der Waals surface area contributed by atoms with E-state index < -0.39 is 4.92 Å². The van der Waals surface area contributed by atoms with Crippen LogP contribution in [0.4, 0.5) is 17.1 Å². The molecule has 0 aliphatic carbocycles. The minimum atomic E-state index is -0.569. The molecular weight excluding hydrogens is 389 g/mol. The lowest BCUT2D eigenvalue weighted by Crippen LogP contribution is -2.01. The van der Waals surface area contributed by atoms with Gasteiger partial charge in [-0.25, -0.2) is 0 Å². The van der Waals surface area contributed by atoms with Crippen molar-refractivity contribution in [2.75, 3.05) is 18.4 Å². The van der Waals surface area contributed by atoms with Gasteiger partial charge >= 0.3 is 0 Å². The van der Waals surface area contributed by atoms with Crippen LogP contribution in [0.15, 0.2) is 40.6 Å². The van der Waals surface area contributed by atoms with E-state index in [1.54, 1.807) is 0 Å². The number of nitriles is 1. The first-order valence-electron chi connectivity index (χ1n) is 8.13. The molecule has 1 N–H and O–H groups in total. The second kappa shape index (κ2) is 9.86. The van der Waals surface area contributed by atoms with E-state index in [1.807, 2.05) is 25.1 Å². The summed E-state index contributed by atoms with van der Waals surface area (Å²) in [4.78, 5) is 10.2. The Morgan fingerprint density at radius 3 is 2.56 bits per heavy atom. The van der Waals surface area contributed by atoms with E-state index in [0.717, 1.165) is 16.8 Å². The summed E-state index contributed by atoms with van der Waals surface area (Å²) < 4.78 is 0. The highest BCUT2D eigenvalue weighted by Crippen LogP contribution is 2.37. The summed E-state index contributed by atoms with van der Waals surface area (Å²) in [7, 11) is 0. The zero-order valence-corrected chi connectivity index (χ0v) is 16.1. The van der Waals surface area contributed by atoms with Crippen molar-refractivity contribution in [3.63, 3.8) is 0 Å². The number of rotatable bonds is 8. The van der Waals surface area contributed by atoms with Gasteiger partial charge < -0.3 is 5.32 Å². The van der Waals surface area contributed by atoms with Gasteiger partial charge in [0.05, 0.1) is 34.0 Å². The van der Waals surface area contributed by atoms with E-state index in [4.69, 9.17) is 28.5 Å². The molecule has 0 fully saturated rings. The van der Waals surface area contributed by atoms with Gasteiger partial charge in [0.25, 0.3) is 5.69 Å². The molecule has 0 bridgehead atoms. The summed E-state index contributed by atoms with van der Waals surface area (Å²) in [6.07, 6.45) is 1.13. The number of hydrogen-bond donors (Lipinski definition) is 1. The molecule has 7 nitrogen and oxygen atoms in total. The van der Waals surface area contributed by atoms with Crippen molar-refractivity contribution in [3.05, 3.63) is 61.6 Å². The molecule has 0 saturated carbocycles. The van der Waals surface area contributed by atoms with Crippen molar-refractivity contribution in [3.8, 4) is 6.07 Å². The first-order chi connectivity index (χ1) is 12.9. The van der Waals surface area contributed by atoms with E-state index >= 15 is 0 Å². The Labute approximate surface area is 166 Å². The molecule has 0 unspecified atom stereocenters. The number of aryl methyl sites for hydroxylation is 1. The zero-order valence-electron chi connectivity index (χ0n) is 14.6. The summed E-state index contributed by atoms with van der Waals surface area (Å²) in [6.45, 7) is 3.04. The summed E-state index contributed by atoms with van der Waals surface area (Å²) in [5, 5.41) is 30.8. The van der Waals surface area contributed by atoms with Gasteiger partial charge in [-0.05, 0) is 36.6 Å². The SMILES string of the molecule is Cc1cc(NCCC#N)ccc1CCN=Nc1c(Cl)cc([N+](=O)[O-])cc1Cl. The predicted molar refractivity (Wildman–Crippen MR) is 106 cm³/mol. The molecule has 0 spiro atoms. The van der Waals surface area contributed by atoms with Crippen LogP contribution in [0.25, 0.3) is 0 Å². The fourth-order valence-electron chi connectivity index (χ4n) is 2.39. The van der Waals surface area contributed by atoms with Crippen molar-refractivity contribution >= 4 is 40.3 Å². The zero-order chi connectivity index (χ0) is 19.8. The summed E-state index contributed by atoms with van der Waals surface area (Å²) in [6, 6.07) is 10.5. The Balaban J connectivity index is 1.98. The highest BCUT2D eigenvalue weighted by molar-refractivity contribution is 6.39. The van der Waals surface area contributed by atoms with Crippen LogP contribution >= 0.6 is 23.2 Å². The van der Waals surface area contributed by atoms with Crippen LogP contribution in [0, 0.1) is 28.4 Å². The van der Waals surface area contributed by atoms with Crippen LogP contribution in [0.1, 0.15) is 17.5 Å². The van der Waals surface area contributed by atoms with Gasteiger partial charge in [-0.3, -0.25) is 10.1 Å². The summed E-state index contributed by atoms with van der Waals surface area (Å²) in [5.41, 5.74) is 3.23. The number of non-ortho nitro benzene ring substituents is 1. The van der Waals surface area contributed by atoms with Crippen molar-refractivity contribution in [2.24, 2.45) is 10.2 Å². The Hall–Kier alpha value is -2.69. The van der Waals surface area contributed by atoms with Crippen LogP contribution in [0.3, 0.4) is 0 Å². The minimum Gasteiger partial charge on any atom is -0.384 e. The molecule has 0 atom stereocenters. The van der Waals surface area contributed by atoms with Gasteiger partial charge in [0.15, 0.2) is 0 Å². The molecule has 0 saturated heterocycles. The lowest BCUT2D eigenvalue weighted by molar-refractivity contribution is -0.384. The Bertz CT molecular complexity index is 886. The van der Waals surface area contributed by atoms with Crippen LogP contribution < -0.4 is 5.32 Å². The molecule has 2 aromatic carbocycles. The van der Waals surface area contributed by atoms with E-state index in [2.05, 4.69) is 21.6 Å². The normalized spacial score (nSPS) is 10.7. The number of anilines is 1. The third-order valence-electron chi connectivity index (χ3n) is 3.77. The number of benzene rings is 2. The highest BCUT2D eigenvalue weighted by Gasteiger charge is 2.14. The Morgan fingerprint density at radius 2 is 1.96 bits per heavy atom. The lowest BCUT2D eigenvalue weighted by atomic mass is 10.1. The topological polar surface area (TPSA) is 104 Å². The molecule has 0 aliphatic heterocycles. The number of nitro benzene ring substituents is 1. The fraction of sp³-hybridized carbons (Fsp3) is 0.278. The fourth-order valence-corrected chi connectivity index (χ4v) is 2.94. The molecule has 9 heteroatoms. The molecule has 0 radical (unpaired) electrons. The first kappa shape index (κ1) is 20.6. The van der Waals surface area contributed by atoms with Crippen molar-refractivity contribution in [1.82, 2.24) is 0 Å². The molecule has 2 aromatic rings. The summed E-state index contributed by atoms with van der Waals surface area (Å²) in [5.74, 6) is 0. The molecule has 0 heterocycles. The van der Waals surface area contributed by atoms with E-state index in [9.17, 15) is 10.1 Å².